The van der Waals surface area contributed by atoms with E-state index in [-0.39, 0.29) is 22.4 Å². The smallest absolute Gasteiger partial charge is 0.252 e. The number of rotatable bonds is 6. The maximum atomic E-state index is 13.1. The van der Waals surface area contributed by atoms with Crippen LogP contribution >= 0.6 is 22.9 Å². The molecule has 0 saturated heterocycles. The van der Waals surface area contributed by atoms with E-state index in [1.807, 2.05) is 29.6 Å². The topological polar surface area (TPSA) is 75.3 Å². The van der Waals surface area contributed by atoms with Gasteiger partial charge in [-0.1, -0.05) is 29.8 Å². The third-order valence-corrected chi connectivity index (χ3v) is 7.48. The van der Waals surface area contributed by atoms with E-state index in [9.17, 15) is 13.2 Å². The first-order chi connectivity index (χ1) is 13.7. The molecule has 3 rings (SSSR count). The van der Waals surface area contributed by atoms with Gasteiger partial charge in [-0.15, -0.1) is 11.3 Å². The van der Waals surface area contributed by atoms with E-state index in [4.69, 9.17) is 11.6 Å². The number of halogens is 1. The van der Waals surface area contributed by atoms with Crippen LogP contribution in [-0.4, -0.2) is 21.4 Å². The quantitative estimate of drug-likeness (QED) is 0.585. The summed E-state index contributed by atoms with van der Waals surface area (Å²) in [5, 5.41) is 5.58. The highest BCUT2D eigenvalue weighted by Gasteiger charge is 2.22. The molecule has 0 aliphatic rings. The van der Waals surface area contributed by atoms with Crippen molar-refractivity contribution in [1.82, 2.24) is 10.0 Å². The lowest BCUT2D eigenvalue weighted by atomic mass is 10.0. The van der Waals surface area contributed by atoms with E-state index in [2.05, 4.69) is 10.0 Å². The number of thiophene rings is 1. The molecule has 0 aliphatic heterocycles. The Labute approximate surface area is 179 Å². The fourth-order valence-corrected chi connectivity index (χ4v) is 4.99. The van der Waals surface area contributed by atoms with Gasteiger partial charge >= 0.3 is 0 Å². The zero-order chi connectivity index (χ0) is 21.2. The first-order valence-corrected chi connectivity index (χ1v) is 11.6. The Morgan fingerprint density at radius 2 is 1.79 bits per heavy atom. The largest absolute Gasteiger partial charge is 0.340 e. The second kappa shape index (κ2) is 8.67. The minimum absolute atomic E-state index is 0.101. The molecule has 152 valence electrons. The maximum Gasteiger partial charge on any atom is 0.252 e. The minimum atomic E-state index is -3.68. The predicted octanol–water partition coefficient (Wildman–Crippen LogP) is 4.45. The molecule has 0 radical (unpaired) electrons. The number of benzene rings is 2. The van der Waals surface area contributed by atoms with Gasteiger partial charge in [0.15, 0.2) is 0 Å². The first kappa shape index (κ1) is 21.5. The van der Waals surface area contributed by atoms with Crippen molar-refractivity contribution in [3.63, 3.8) is 0 Å². The zero-order valence-corrected chi connectivity index (χ0v) is 18.6. The molecule has 0 fully saturated rings. The van der Waals surface area contributed by atoms with Gasteiger partial charge in [0, 0.05) is 15.5 Å². The van der Waals surface area contributed by atoms with Crippen LogP contribution < -0.4 is 10.0 Å². The molecule has 8 heteroatoms. The number of aryl methyl sites for hydroxylation is 1. The summed E-state index contributed by atoms with van der Waals surface area (Å²) in [5.74, 6) is -0.353. The lowest BCUT2D eigenvalue weighted by molar-refractivity contribution is 0.0943. The van der Waals surface area contributed by atoms with Crippen molar-refractivity contribution in [2.45, 2.75) is 24.8 Å². The molecule has 1 aromatic heterocycles. The molecule has 1 unspecified atom stereocenters. The van der Waals surface area contributed by atoms with Crippen LogP contribution in [0.3, 0.4) is 0 Å². The summed E-state index contributed by atoms with van der Waals surface area (Å²) in [6.07, 6.45) is 0. The number of hydrogen-bond acceptors (Lipinski definition) is 4. The van der Waals surface area contributed by atoms with Crippen molar-refractivity contribution in [1.29, 1.82) is 0 Å². The third kappa shape index (κ3) is 4.70. The summed E-state index contributed by atoms with van der Waals surface area (Å²) < 4.78 is 27.0. The van der Waals surface area contributed by atoms with Crippen molar-refractivity contribution in [2.75, 3.05) is 7.05 Å². The molecule has 1 amide bonds. The van der Waals surface area contributed by atoms with Crippen LogP contribution in [0.2, 0.25) is 5.02 Å². The second-order valence-electron chi connectivity index (χ2n) is 6.60. The minimum Gasteiger partial charge on any atom is -0.340 e. The van der Waals surface area contributed by atoms with Crippen LogP contribution in [0.5, 0.6) is 0 Å². The Bertz CT molecular complexity index is 1130. The van der Waals surface area contributed by atoms with Crippen molar-refractivity contribution in [2.24, 2.45) is 0 Å². The average Bonchev–Trinajstić information content (AvgIpc) is 3.23. The second-order valence-corrected chi connectivity index (χ2v) is 9.87. The number of amides is 1. The van der Waals surface area contributed by atoms with Gasteiger partial charge in [0.1, 0.15) is 0 Å². The molecule has 0 aliphatic carbocycles. The highest BCUT2D eigenvalue weighted by atomic mass is 35.5. The molecule has 3 aromatic rings. The number of carbonyl (C=O) groups is 1. The van der Waals surface area contributed by atoms with Crippen molar-refractivity contribution < 1.29 is 13.2 Å². The summed E-state index contributed by atoms with van der Waals surface area (Å²) in [6, 6.07) is 13.9. The van der Waals surface area contributed by atoms with Gasteiger partial charge < -0.3 is 5.32 Å². The summed E-state index contributed by atoms with van der Waals surface area (Å²) in [5.41, 5.74) is 2.52. The third-order valence-electron chi connectivity index (χ3n) is 4.75. The van der Waals surface area contributed by atoms with Gasteiger partial charge in [0.25, 0.3) is 5.91 Å². The van der Waals surface area contributed by atoms with Crippen LogP contribution in [0.25, 0.3) is 0 Å². The number of hydrogen-bond donors (Lipinski definition) is 2. The molecule has 5 nitrogen and oxygen atoms in total. The first-order valence-electron chi connectivity index (χ1n) is 8.87. The van der Waals surface area contributed by atoms with Crippen molar-refractivity contribution in [3.05, 3.63) is 86.1 Å². The van der Waals surface area contributed by atoms with E-state index in [0.29, 0.717) is 10.6 Å². The molecular formula is C21H21ClN2O3S2. The van der Waals surface area contributed by atoms with Gasteiger partial charge in [-0.05, 0) is 73.3 Å². The lowest BCUT2D eigenvalue weighted by Crippen LogP contribution is -2.29. The molecule has 1 atom stereocenters. The van der Waals surface area contributed by atoms with Gasteiger partial charge in [-0.2, -0.15) is 0 Å². The highest BCUT2D eigenvalue weighted by Crippen LogP contribution is 2.28. The van der Waals surface area contributed by atoms with E-state index in [1.54, 1.807) is 32.0 Å². The molecule has 2 N–H and O–H groups in total. The zero-order valence-electron chi connectivity index (χ0n) is 16.2. The Morgan fingerprint density at radius 1 is 1.10 bits per heavy atom. The molecule has 29 heavy (non-hydrogen) atoms. The number of sulfonamides is 1. The molecule has 2 aromatic carbocycles. The summed E-state index contributed by atoms with van der Waals surface area (Å²) in [6.45, 7) is 3.51. The summed E-state index contributed by atoms with van der Waals surface area (Å²) in [7, 11) is -2.33. The Hall–Kier alpha value is -2.19. The number of nitrogens with one attached hydrogen (secondary N) is 2. The molecule has 1 heterocycles. The van der Waals surface area contributed by atoms with Crippen LogP contribution in [0.1, 0.15) is 38.0 Å². The fraction of sp³-hybridized carbons (Fsp3) is 0.190. The van der Waals surface area contributed by atoms with Crippen LogP contribution in [-0.2, 0) is 10.0 Å². The van der Waals surface area contributed by atoms with Crippen molar-refractivity contribution >= 4 is 38.9 Å². The summed E-state index contributed by atoms with van der Waals surface area (Å²) >= 11 is 7.53. The summed E-state index contributed by atoms with van der Waals surface area (Å²) in [4.78, 5) is 14.1. The maximum absolute atomic E-state index is 13.1. The highest BCUT2D eigenvalue weighted by molar-refractivity contribution is 7.89. The van der Waals surface area contributed by atoms with Crippen LogP contribution in [0.4, 0.5) is 0 Å². The van der Waals surface area contributed by atoms with Gasteiger partial charge in [-0.25, -0.2) is 13.1 Å². The van der Waals surface area contributed by atoms with E-state index < -0.39 is 10.0 Å². The standard InChI is InChI=1S/C21H21ClN2O3S2/c1-13-11-16(12-19(14(13)2)29(26,27)23-3)21(25)24-20(18-5-4-10-28-18)15-6-8-17(22)9-7-15/h4-12,20,23H,1-3H3,(H,24,25). The van der Waals surface area contributed by atoms with Gasteiger partial charge in [0.05, 0.1) is 10.9 Å². The monoisotopic (exact) mass is 448 g/mol. The van der Waals surface area contributed by atoms with Crippen molar-refractivity contribution in [3.8, 4) is 0 Å². The molecule has 0 spiro atoms. The van der Waals surface area contributed by atoms with E-state index in [0.717, 1.165) is 16.0 Å². The SMILES string of the molecule is CNS(=O)(=O)c1cc(C(=O)NC(c2ccc(Cl)cc2)c2cccs2)cc(C)c1C. The molecule has 0 saturated carbocycles. The Morgan fingerprint density at radius 3 is 2.38 bits per heavy atom. The lowest BCUT2D eigenvalue weighted by Gasteiger charge is -2.19. The normalized spacial score (nSPS) is 12.6. The van der Waals surface area contributed by atoms with Crippen LogP contribution in [0.15, 0.2) is 58.8 Å². The van der Waals surface area contributed by atoms with Gasteiger partial charge in [-0.3, -0.25) is 4.79 Å². The number of carbonyl (C=O) groups excluding carboxylic acids is 1. The Kier molecular flexibility index (Phi) is 6.43. The Balaban J connectivity index is 2.00. The van der Waals surface area contributed by atoms with Gasteiger partial charge in [0.2, 0.25) is 10.0 Å². The molecule has 0 bridgehead atoms. The molecular weight excluding hydrogens is 428 g/mol. The average molecular weight is 449 g/mol. The van der Waals surface area contributed by atoms with E-state index in [1.165, 1.54) is 24.5 Å². The predicted molar refractivity (Wildman–Crippen MR) is 117 cm³/mol. The fourth-order valence-electron chi connectivity index (χ4n) is 2.99. The van der Waals surface area contributed by atoms with E-state index >= 15 is 0 Å². The van der Waals surface area contributed by atoms with Crippen LogP contribution in [0, 0.1) is 13.8 Å².